The molecule has 0 aromatic carbocycles. The predicted molar refractivity (Wildman–Crippen MR) is 81.0 cm³/mol. The second-order valence-corrected chi connectivity index (χ2v) is 5.55. The molecule has 1 saturated heterocycles. The lowest BCUT2D eigenvalue weighted by Gasteiger charge is -2.23. The third kappa shape index (κ3) is 3.63. The van der Waals surface area contributed by atoms with Gasteiger partial charge in [0, 0.05) is 20.1 Å². The summed E-state index contributed by atoms with van der Waals surface area (Å²) < 4.78 is 0. The van der Waals surface area contributed by atoms with Crippen molar-refractivity contribution in [3.8, 4) is 0 Å². The van der Waals surface area contributed by atoms with Crippen LogP contribution in [0.1, 0.15) is 12.8 Å². The van der Waals surface area contributed by atoms with Crippen molar-refractivity contribution in [3.63, 3.8) is 0 Å². The monoisotopic (exact) mass is 303 g/mol. The van der Waals surface area contributed by atoms with Crippen molar-refractivity contribution in [2.24, 2.45) is 5.84 Å². The van der Waals surface area contributed by atoms with Gasteiger partial charge in [0.1, 0.15) is 5.82 Å². The van der Waals surface area contributed by atoms with Crippen LogP contribution in [0.25, 0.3) is 0 Å². The Morgan fingerprint density at radius 1 is 1.37 bits per heavy atom. The Morgan fingerprint density at radius 2 is 2.05 bits per heavy atom. The first kappa shape index (κ1) is 14.7. The summed E-state index contributed by atoms with van der Waals surface area (Å²) in [5.41, 5.74) is 2.48. The number of nitrogen functional groups attached to an aromatic ring is 1. The van der Waals surface area contributed by atoms with Gasteiger partial charge in [0.05, 0.1) is 10.0 Å². The molecule has 3 N–H and O–H groups in total. The van der Waals surface area contributed by atoms with Crippen molar-refractivity contribution in [1.82, 2.24) is 9.88 Å². The Balaban J connectivity index is 2.02. The van der Waals surface area contributed by atoms with E-state index in [0.717, 1.165) is 13.1 Å². The summed E-state index contributed by atoms with van der Waals surface area (Å²) in [5, 5.41) is 0.956. The number of likely N-dealkylation sites (tertiary alicyclic amines) is 1. The first-order valence-electron chi connectivity index (χ1n) is 6.38. The molecule has 0 radical (unpaired) electrons. The molecular weight excluding hydrogens is 285 g/mol. The first-order valence-corrected chi connectivity index (χ1v) is 7.13. The molecule has 0 spiro atoms. The van der Waals surface area contributed by atoms with Crippen molar-refractivity contribution in [2.45, 2.75) is 12.8 Å². The second-order valence-electron chi connectivity index (χ2n) is 4.74. The quantitative estimate of drug-likeness (QED) is 0.645. The van der Waals surface area contributed by atoms with Gasteiger partial charge in [0.2, 0.25) is 0 Å². The van der Waals surface area contributed by atoms with Gasteiger partial charge in [-0.15, -0.1) is 0 Å². The average Bonchev–Trinajstić information content (AvgIpc) is 2.89. The number of rotatable bonds is 5. The van der Waals surface area contributed by atoms with Crippen molar-refractivity contribution < 1.29 is 0 Å². The molecule has 0 amide bonds. The van der Waals surface area contributed by atoms with E-state index in [2.05, 4.69) is 15.3 Å². The number of aromatic nitrogens is 1. The van der Waals surface area contributed by atoms with Crippen LogP contribution >= 0.6 is 23.2 Å². The topological polar surface area (TPSA) is 57.4 Å². The molecule has 0 bridgehead atoms. The smallest absolute Gasteiger partial charge is 0.161 e. The summed E-state index contributed by atoms with van der Waals surface area (Å²) >= 11 is 12.1. The van der Waals surface area contributed by atoms with Gasteiger partial charge in [-0.25, -0.2) is 10.8 Å². The second kappa shape index (κ2) is 6.61. The zero-order chi connectivity index (χ0) is 13.8. The van der Waals surface area contributed by atoms with Gasteiger partial charge in [0.25, 0.3) is 0 Å². The summed E-state index contributed by atoms with van der Waals surface area (Å²) in [7, 11) is 1.97. The molecule has 1 aliphatic rings. The molecule has 19 heavy (non-hydrogen) atoms. The van der Waals surface area contributed by atoms with E-state index in [1.807, 2.05) is 11.9 Å². The minimum atomic E-state index is 0.421. The Labute approximate surface area is 123 Å². The van der Waals surface area contributed by atoms with Crippen LogP contribution in [0.5, 0.6) is 0 Å². The molecular formula is C12H19Cl2N5. The summed E-state index contributed by atoms with van der Waals surface area (Å²) in [6.07, 6.45) is 2.59. The van der Waals surface area contributed by atoms with E-state index in [1.54, 1.807) is 6.07 Å². The van der Waals surface area contributed by atoms with E-state index < -0.39 is 0 Å². The van der Waals surface area contributed by atoms with Gasteiger partial charge in [0.15, 0.2) is 5.82 Å². The van der Waals surface area contributed by atoms with Crippen LogP contribution in [0.2, 0.25) is 10.0 Å². The van der Waals surface area contributed by atoms with Crippen LogP contribution in [0, 0.1) is 0 Å². The van der Waals surface area contributed by atoms with Gasteiger partial charge in [-0.3, -0.25) is 0 Å². The number of nitrogens with zero attached hydrogens (tertiary/aromatic N) is 3. The van der Waals surface area contributed by atoms with E-state index in [4.69, 9.17) is 29.0 Å². The van der Waals surface area contributed by atoms with E-state index in [0.29, 0.717) is 21.7 Å². The molecule has 0 saturated carbocycles. The minimum Gasteiger partial charge on any atom is -0.357 e. The van der Waals surface area contributed by atoms with Crippen LogP contribution in [0.4, 0.5) is 11.6 Å². The van der Waals surface area contributed by atoms with E-state index >= 15 is 0 Å². The lowest BCUT2D eigenvalue weighted by Crippen LogP contribution is -2.32. The number of nitrogens with one attached hydrogen (secondary N) is 1. The van der Waals surface area contributed by atoms with Gasteiger partial charge in [-0.1, -0.05) is 23.2 Å². The highest BCUT2D eigenvalue weighted by Gasteiger charge is 2.15. The third-order valence-corrected chi connectivity index (χ3v) is 3.93. The van der Waals surface area contributed by atoms with Crippen LogP contribution in [-0.2, 0) is 0 Å². The average molecular weight is 304 g/mol. The fraction of sp³-hybridized carbons (Fsp3) is 0.583. The summed E-state index contributed by atoms with van der Waals surface area (Å²) in [6, 6.07) is 1.66. The molecule has 1 aromatic rings. The molecule has 2 rings (SSSR count). The van der Waals surface area contributed by atoms with Gasteiger partial charge in [-0.2, -0.15) is 0 Å². The van der Waals surface area contributed by atoms with Crippen LogP contribution < -0.4 is 16.2 Å². The lowest BCUT2D eigenvalue weighted by atomic mass is 10.4. The standard InChI is InChI=1S/C12H19Cl2N5/c1-18(6-7-19-4-2-3-5-19)12-10(14)8-9(13)11(16-12)17-15/h8H,2-7,15H2,1H3,(H,16,17). The van der Waals surface area contributed by atoms with Crippen molar-refractivity contribution in [1.29, 1.82) is 0 Å². The molecule has 2 heterocycles. The molecule has 1 fully saturated rings. The molecule has 0 atom stereocenters. The minimum absolute atomic E-state index is 0.421. The van der Waals surface area contributed by atoms with E-state index in [9.17, 15) is 0 Å². The Kier molecular flexibility index (Phi) is 5.10. The third-order valence-electron chi connectivity index (χ3n) is 3.36. The molecule has 0 aliphatic carbocycles. The zero-order valence-corrected chi connectivity index (χ0v) is 12.5. The van der Waals surface area contributed by atoms with Crippen LogP contribution in [0.15, 0.2) is 6.07 Å². The number of hydrogen-bond acceptors (Lipinski definition) is 5. The SMILES string of the molecule is CN(CCN1CCCC1)c1nc(NN)c(Cl)cc1Cl. The zero-order valence-electron chi connectivity index (χ0n) is 11.0. The maximum absolute atomic E-state index is 6.18. The molecule has 0 unspecified atom stereocenters. The van der Waals surface area contributed by atoms with Crippen molar-refractivity contribution >= 4 is 34.8 Å². The molecule has 5 nitrogen and oxygen atoms in total. The molecule has 1 aromatic heterocycles. The number of nitrogens with two attached hydrogens (primary N) is 1. The van der Waals surface area contributed by atoms with Crippen LogP contribution in [0.3, 0.4) is 0 Å². The van der Waals surface area contributed by atoms with Gasteiger partial charge >= 0.3 is 0 Å². The highest BCUT2D eigenvalue weighted by molar-refractivity contribution is 6.37. The molecule has 7 heteroatoms. The number of anilines is 2. The largest absolute Gasteiger partial charge is 0.357 e. The maximum Gasteiger partial charge on any atom is 0.161 e. The summed E-state index contributed by atoms with van der Waals surface area (Å²) in [4.78, 5) is 8.82. The normalized spacial score (nSPS) is 15.8. The number of hydrogen-bond donors (Lipinski definition) is 2. The summed E-state index contributed by atoms with van der Waals surface area (Å²) in [5.74, 6) is 6.51. The van der Waals surface area contributed by atoms with Crippen molar-refractivity contribution in [3.05, 3.63) is 16.1 Å². The van der Waals surface area contributed by atoms with Gasteiger partial charge < -0.3 is 15.2 Å². The Hall–Kier alpha value is -0.750. The Bertz CT molecular complexity index is 434. The van der Waals surface area contributed by atoms with E-state index in [-0.39, 0.29) is 0 Å². The summed E-state index contributed by atoms with van der Waals surface area (Å²) in [6.45, 7) is 4.26. The lowest BCUT2D eigenvalue weighted by molar-refractivity contribution is 0.346. The van der Waals surface area contributed by atoms with E-state index in [1.165, 1.54) is 25.9 Å². The predicted octanol–water partition coefficient (Wildman–Crippen LogP) is 2.21. The maximum atomic E-state index is 6.18. The van der Waals surface area contributed by atoms with Gasteiger partial charge in [-0.05, 0) is 32.0 Å². The molecule has 1 aliphatic heterocycles. The highest BCUT2D eigenvalue weighted by Crippen LogP contribution is 2.30. The van der Waals surface area contributed by atoms with Crippen molar-refractivity contribution in [2.75, 3.05) is 43.6 Å². The highest BCUT2D eigenvalue weighted by atomic mass is 35.5. The first-order chi connectivity index (χ1) is 9.11. The number of hydrazine groups is 1. The Morgan fingerprint density at radius 3 is 2.68 bits per heavy atom. The number of pyridine rings is 1. The number of likely N-dealkylation sites (N-methyl/N-ethyl adjacent to an activating group) is 1. The fourth-order valence-corrected chi connectivity index (χ4v) is 2.79. The van der Waals surface area contributed by atoms with Crippen LogP contribution in [-0.4, -0.2) is 43.1 Å². The fourth-order valence-electron chi connectivity index (χ4n) is 2.23. The molecule has 106 valence electrons. The number of halogens is 2.